The summed E-state index contributed by atoms with van der Waals surface area (Å²) in [6, 6.07) is 11.6. The molecule has 0 aliphatic heterocycles. The van der Waals surface area contributed by atoms with Crippen LogP contribution in [0.15, 0.2) is 45.4 Å². The van der Waals surface area contributed by atoms with Gasteiger partial charge < -0.3 is 9.26 Å². The molecule has 6 nitrogen and oxygen atoms in total. The number of benzene rings is 1. The van der Waals surface area contributed by atoms with Crippen LogP contribution in [0, 0.1) is 0 Å². The fourth-order valence-corrected chi connectivity index (χ4v) is 1.77. The second-order valence-electron chi connectivity index (χ2n) is 4.91. The highest BCUT2D eigenvalue weighted by Crippen LogP contribution is 2.20. The Morgan fingerprint density at radius 1 is 1.10 bits per heavy atom. The lowest BCUT2D eigenvalue weighted by atomic mass is 10.1. The van der Waals surface area contributed by atoms with Crippen molar-refractivity contribution in [3.05, 3.63) is 48.0 Å². The van der Waals surface area contributed by atoms with Crippen LogP contribution in [0.25, 0.3) is 11.3 Å². The third-order valence-electron chi connectivity index (χ3n) is 2.91. The zero-order valence-electron chi connectivity index (χ0n) is 11.8. The molecule has 0 spiro atoms. The minimum absolute atomic E-state index is 0.136. The van der Waals surface area contributed by atoms with Gasteiger partial charge in [-0.25, -0.2) is 0 Å². The molecule has 0 radical (unpaired) electrons. The van der Waals surface area contributed by atoms with E-state index in [1.807, 2.05) is 50.2 Å². The molecule has 0 fully saturated rings. The molecule has 1 aromatic carbocycles. The van der Waals surface area contributed by atoms with Gasteiger partial charge in [-0.05, 0) is 0 Å². The number of aromatic nitrogens is 3. The lowest BCUT2D eigenvalue weighted by Gasteiger charge is -1.95. The Labute approximate surface area is 121 Å². The average molecular weight is 285 g/mol. The van der Waals surface area contributed by atoms with Crippen LogP contribution < -0.4 is 4.74 Å². The highest BCUT2D eigenvalue weighted by Gasteiger charge is 2.12. The van der Waals surface area contributed by atoms with Gasteiger partial charge in [0.2, 0.25) is 0 Å². The molecule has 108 valence electrons. The molecular weight excluding hydrogens is 270 g/mol. The molecule has 2 heterocycles. The molecule has 2 aromatic heterocycles. The van der Waals surface area contributed by atoms with Crippen LogP contribution in [0.1, 0.15) is 31.4 Å². The summed E-state index contributed by atoms with van der Waals surface area (Å²) in [4.78, 5) is 4.13. The first-order valence-electron chi connectivity index (χ1n) is 6.70. The van der Waals surface area contributed by atoms with Crippen LogP contribution >= 0.6 is 0 Å². The van der Waals surface area contributed by atoms with Crippen molar-refractivity contribution in [2.45, 2.75) is 26.4 Å². The molecule has 0 bridgehead atoms. The second-order valence-corrected chi connectivity index (χ2v) is 4.91. The molecule has 3 aromatic rings. The van der Waals surface area contributed by atoms with E-state index >= 15 is 0 Å². The van der Waals surface area contributed by atoms with Crippen LogP contribution in [0.5, 0.6) is 6.08 Å². The Kier molecular flexibility index (Phi) is 3.68. The van der Waals surface area contributed by atoms with E-state index < -0.39 is 0 Å². The highest BCUT2D eigenvalue weighted by atomic mass is 16.6. The molecule has 0 atom stereocenters. The molecule has 6 heteroatoms. The fraction of sp³-hybridized carbons (Fsp3) is 0.267. The van der Waals surface area contributed by atoms with Gasteiger partial charge in [-0.2, -0.15) is 4.98 Å². The van der Waals surface area contributed by atoms with Gasteiger partial charge in [0.15, 0.2) is 18.2 Å². The second kappa shape index (κ2) is 5.78. The monoisotopic (exact) mass is 285 g/mol. The zero-order chi connectivity index (χ0) is 14.7. The summed E-state index contributed by atoms with van der Waals surface area (Å²) in [5.74, 6) is 1.41. The first kappa shape index (κ1) is 13.4. The van der Waals surface area contributed by atoms with Gasteiger partial charge in [0.1, 0.15) is 5.69 Å². The van der Waals surface area contributed by atoms with Crippen molar-refractivity contribution >= 4 is 0 Å². The quantitative estimate of drug-likeness (QED) is 0.715. The maximum atomic E-state index is 5.40. The lowest BCUT2D eigenvalue weighted by Crippen LogP contribution is -1.95. The summed E-state index contributed by atoms with van der Waals surface area (Å²) < 4.78 is 15.6. The number of hydrogen-bond acceptors (Lipinski definition) is 6. The van der Waals surface area contributed by atoms with Crippen molar-refractivity contribution in [2.75, 3.05) is 0 Å². The van der Waals surface area contributed by atoms with Crippen molar-refractivity contribution in [1.29, 1.82) is 0 Å². The Bertz CT molecular complexity index is 704. The van der Waals surface area contributed by atoms with Crippen molar-refractivity contribution in [2.24, 2.45) is 0 Å². The van der Waals surface area contributed by atoms with E-state index in [0.29, 0.717) is 11.6 Å². The normalized spacial score (nSPS) is 11.0. The van der Waals surface area contributed by atoms with Crippen LogP contribution in [0.4, 0.5) is 0 Å². The smallest absolute Gasteiger partial charge is 0.417 e. The summed E-state index contributed by atoms with van der Waals surface area (Å²) in [6.07, 6.45) is 0.136. The summed E-state index contributed by atoms with van der Waals surface area (Å²) >= 11 is 0. The van der Waals surface area contributed by atoms with Crippen LogP contribution in [-0.4, -0.2) is 15.3 Å². The molecule has 0 aliphatic carbocycles. The van der Waals surface area contributed by atoms with Gasteiger partial charge in [-0.1, -0.05) is 54.5 Å². The van der Waals surface area contributed by atoms with Crippen molar-refractivity contribution in [1.82, 2.24) is 15.3 Å². The molecule has 0 aliphatic rings. The Balaban J connectivity index is 1.65. The summed E-state index contributed by atoms with van der Waals surface area (Å²) in [6.45, 7) is 4.16. The van der Waals surface area contributed by atoms with E-state index in [4.69, 9.17) is 13.8 Å². The van der Waals surface area contributed by atoms with E-state index in [2.05, 4.69) is 15.3 Å². The zero-order valence-corrected chi connectivity index (χ0v) is 11.8. The molecule has 0 amide bonds. The van der Waals surface area contributed by atoms with E-state index in [1.54, 1.807) is 0 Å². The van der Waals surface area contributed by atoms with Gasteiger partial charge >= 0.3 is 6.08 Å². The standard InChI is InChI=1S/C15H15N3O3/c1-10(2)14-16-15(21-18-14)19-9-12-8-13(17-20-12)11-6-4-3-5-7-11/h3-8,10H,9H2,1-2H3. The third-order valence-corrected chi connectivity index (χ3v) is 2.91. The summed E-state index contributed by atoms with van der Waals surface area (Å²) in [5.41, 5.74) is 1.76. The maximum absolute atomic E-state index is 5.40. The number of hydrogen-bond donors (Lipinski definition) is 0. The van der Waals surface area contributed by atoms with Gasteiger partial charge in [0.05, 0.1) is 0 Å². The topological polar surface area (TPSA) is 74.2 Å². The third kappa shape index (κ3) is 3.10. The van der Waals surface area contributed by atoms with E-state index in [9.17, 15) is 0 Å². The SMILES string of the molecule is CC(C)c1noc(OCc2cc(-c3ccccc3)no2)n1. The summed E-state index contributed by atoms with van der Waals surface area (Å²) in [5, 5.41) is 7.83. The molecule has 3 rings (SSSR count). The van der Waals surface area contributed by atoms with Gasteiger partial charge in [-0.3, -0.25) is 4.52 Å². The molecular formula is C15H15N3O3. The van der Waals surface area contributed by atoms with Crippen molar-refractivity contribution in [3.63, 3.8) is 0 Å². The fourth-order valence-electron chi connectivity index (χ4n) is 1.77. The maximum Gasteiger partial charge on any atom is 0.417 e. The largest absolute Gasteiger partial charge is 0.441 e. The number of ether oxygens (including phenoxy) is 1. The molecule has 0 unspecified atom stereocenters. The van der Waals surface area contributed by atoms with Crippen molar-refractivity contribution < 1.29 is 13.8 Å². The average Bonchev–Trinajstić information content (AvgIpc) is 3.15. The van der Waals surface area contributed by atoms with Crippen LogP contribution in [0.3, 0.4) is 0 Å². The molecule has 0 saturated carbocycles. The minimum Gasteiger partial charge on any atom is -0.441 e. The Hall–Kier alpha value is -2.63. The number of nitrogens with zero attached hydrogens (tertiary/aromatic N) is 3. The number of rotatable bonds is 5. The van der Waals surface area contributed by atoms with Gasteiger partial charge in [0, 0.05) is 17.5 Å². The molecule has 0 saturated heterocycles. The highest BCUT2D eigenvalue weighted by molar-refractivity contribution is 5.58. The predicted octanol–water partition coefficient (Wildman–Crippen LogP) is 3.43. The van der Waals surface area contributed by atoms with Crippen LogP contribution in [0.2, 0.25) is 0 Å². The minimum atomic E-state index is 0.136. The van der Waals surface area contributed by atoms with Gasteiger partial charge in [0.25, 0.3) is 0 Å². The van der Waals surface area contributed by atoms with Gasteiger partial charge in [-0.15, -0.1) is 0 Å². The van der Waals surface area contributed by atoms with E-state index in [0.717, 1.165) is 11.3 Å². The first-order chi connectivity index (χ1) is 10.2. The Morgan fingerprint density at radius 2 is 1.90 bits per heavy atom. The van der Waals surface area contributed by atoms with Crippen molar-refractivity contribution in [3.8, 4) is 17.3 Å². The molecule has 0 N–H and O–H groups in total. The first-order valence-corrected chi connectivity index (χ1v) is 6.70. The van der Waals surface area contributed by atoms with E-state index in [1.165, 1.54) is 0 Å². The Morgan fingerprint density at radius 3 is 2.62 bits per heavy atom. The van der Waals surface area contributed by atoms with E-state index in [-0.39, 0.29) is 18.6 Å². The van der Waals surface area contributed by atoms with Crippen LogP contribution in [-0.2, 0) is 6.61 Å². The lowest BCUT2D eigenvalue weighted by molar-refractivity contribution is 0.173. The predicted molar refractivity (Wildman–Crippen MR) is 74.7 cm³/mol. The molecule has 21 heavy (non-hydrogen) atoms. The summed E-state index contributed by atoms with van der Waals surface area (Å²) in [7, 11) is 0.